The zero-order valence-corrected chi connectivity index (χ0v) is 13.5. The second-order valence-corrected chi connectivity index (χ2v) is 5.10. The quantitative estimate of drug-likeness (QED) is 0.583. The molecule has 134 valence electrons. The van der Waals surface area contributed by atoms with Crippen LogP contribution in [-0.2, 0) is 19.1 Å². The summed E-state index contributed by atoms with van der Waals surface area (Å²) in [4.78, 5) is 54.3. The molecule has 0 saturated heterocycles. The number of carbonyl (C=O) groups excluding carboxylic acids is 4. The van der Waals surface area contributed by atoms with Gasteiger partial charge in [-0.25, -0.2) is 14.4 Å². The summed E-state index contributed by atoms with van der Waals surface area (Å²) in [5.41, 5.74) is 5.80. The van der Waals surface area contributed by atoms with Crippen LogP contribution in [0.1, 0.15) is 33.6 Å². The molecule has 1 atom stereocenters. The lowest BCUT2D eigenvalue weighted by molar-refractivity contribution is -0.140. The predicted octanol–water partition coefficient (Wildman–Crippen LogP) is 0.651. The van der Waals surface area contributed by atoms with Gasteiger partial charge < -0.3 is 15.2 Å². The van der Waals surface area contributed by atoms with E-state index in [1.807, 2.05) is 0 Å². The molecule has 0 saturated carbocycles. The zero-order chi connectivity index (χ0) is 18.9. The van der Waals surface area contributed by atoms with Gasteiger partial charge in [0.05, 0.1) is 11.1 Å². The molecule has 0 aliphatic rings. The maximum Gasteiger partial charge on any atom is 0.347 e. The summed E-state index contributed by atoms with van der Waals surface area (Å²) in [5.74, 6) is -3.61. The minimum atomic E-state index is -1.23. The summed E-state index contributed by atoms with van der Waals surface area (Å²) in [7, 11) is 0. The number of carbonyl (C=O) groups is 4. The van der Waals surface area contributed by atoms with Gasteiger partial charge in [0, 0.05) is 31.2 Å². The minimum absolute atomic E-state index is 0.0922. The van der Waals surface area contributed by atoms with Crippen molar-refractivity contribution < 1.29 is 28.7 Å². The van der Waals surface area contributed by atoms with Crippen molar-refractivity contribution in [2.75, 3.05) is 0 Å². The van der Waals surface area contributed by atoms with E-state index in [0.717, 1.165) is 0 Å². The number of hydrogen-bond acceptors (Lipinski definition) is 9. The summed E-state index contributed by atoms with van der Waals surface area (Å²) < 4.78 is 9.23. The van der Waals surface area contributed by atoms with E-state index in [1.165, 1.54) is 49.1 Å². The molecule has 0 aliphatic heterocycles. The van der Waals surface area contributed by atoms with Crippen molar-refractivity contribution in [2.45, 2.75) is 18.9 Å². The SMILES string of the molecule is N[C@@H](CCC(=O)OC(=O)c1cccnc1)C(=O)OC(=O)c1cccnc1. The summed E-state index contributed by atoms with van der Waals surface area (Å²) >= 11 is 0. The largest absolute Gasteiger partial charge is 0.389 e. The summed E-state index contributed by atoms with van der Waals surface area (Å²) in [6.45, 7) is 0. The lowest BCUT2D eigenvalue weighted by Crippen LogP contribution is -2.34. The van der Waals surface area contributed by atoms with Gasteiger partial charge in [-0.05, 0) is 30.7 Å². The standard InChI is InChI=1S/C17H15N3O6/c18-13(17(24)26-16(23)12-4-2-8-20-10-12)5-6-14(21)25-15(22)11-3-1-7-19-9-11/h1-4,7-10,13H,5-6,18H2/t13-/m0/s1. The molecule has 2 N–H and O–H groups in total. The molecule has 0 fully saturated rings. The van der Waals surface area contributed by atoms with Gasteiger partial charge >= 0.3 is 23.9 Å². The van der Waals surface area contributed by atoms with E-state index in [4.69, 9.17) is 5.73 Å². The number of ether oxygens (including phenoxy) is 2. The van der Waals surface area contributed by atoms with Crippen LogP contribution in [0.15, 0.2) is 49.1 Å². The first-order valence-electron chi connectivity index (χ1n) is 7.54. The van der Waals surface area contributed by atoms with Gasteiger partial charge in [0.1, 0.15) is 6.04 Å². The number of nitrogens with two attached hydrogens (primary N) is 1. The normalized spacial score (nSPS) is 11.3. The fraction of sp³-hybridized carbons (Fsp3) is 0.176. The average molecular weight is 357 g/mol. The number of esters is 4. The number of aromatic nitrogens is 2. The zero-order valence-electron chi connectivity index (χ0n) is 13.5. The highest BCUT2D eigenvalue weighted by molar-refractivity contribution is 5.98. The van der Waals surface area contributed by atoms with Crippen molar-refractivity contribution in [3.63, 3.8) is 0 Å². The number of nitrogens with zero attached hydrogens (tertiary/aromatic N) is 2. The molecule has 9 heteroatoms. The fourth-order valence-corrected chi connectivity index (χ4v) is 1.80. The van der Waals surface area contributed by atoms with Gasteiger partial charge in [0.15, 0.2) is 0 Å². The Morgan fingerprint density at radius 1 is 0.923 bits per heavy atom. The van der Waals surface area contributed by atoms with Crippen molar-refractivity contribution in [3.8, 4) is 0 Å². The molecule has 2 aromatic heterocycles. The lowest BCUT2D eigenvalue weighted by atomic mass is 10.1. The third-order valence-corrected chi connectivity index (χ3v) is 3.16. The summed E-state index contributed by atoms with van der Waals surface area (Å²) in [5, 5.41) is 0. The third kappa shape index (κ3) is 5.56. The highest BCUT2D eigenvalue weighted by Gasteiger charge is 2.22. The van der Waals surface area contributed by atoms with Gasteiger partial charge in [0.25, 0.3) is 0 Å². The van der Waals surface area contributed by atoms with E-state index >= 15 is 0 Å². The van der Waals surface area contributed by atoms with E-state index < -0.39 is 29.9 Å². The van der Waals surface area contributed by atoms with Crippen LogP contribution in [-0.4, -0.2) is 39.9 Å². The van der Waals surface area contributed by atoms with Crippen LogP contribution < -0.4 is 5.73 Å². The second kappa shape index (κ2) is 9.14. The van der Waals surface area contributed by atoms with Crippen molar-refractivity contribution in [3.05, 3.63) is 60.2 Å². The molecule has 9 nitrogen and oxygen atoms in total. The molecule has 0 bridgehead atoms. The Labute approximate surface area is 148 Å². The molecule has 0 unspecified atom stereocenters. The van der Waals surface area contributed by atoms with E-state index in [9.17, 15) is 19.2 Å². The summed E-state index contributed by atoms with van der Waals surface area (Å²) in [6.07, 6.45) is 4.96. The van der Waals surface area contributed by atoms with Crippen LogP contribution in [0, 0.1) is 0 Å². The Kier molecular flexibility index (Phi) is 6.63. The Bertz CT molecular complexity index is 795. The molecular weight excluding hydrogens is 342 g/mol. The lowest BCUT2D eigenvalue weighted by Gasteiger charge is -2.09. The predicted molar refractivity (Wildman–Crippen MR) is 86.5 cm³/mol. The highest BCUT2D eigenvalue weighted by atomic mass is 16.6. The summed E-state index contributed by atoms with van der Waals surface area (Å²) in [6, 6.07) is 4.67. The molecule has 2 rings (SSSR count). The van der Waals surface area contributed by atoms with Crippen molar-refractivity contribution in [1.82, 2.24) is 9.97 Å². The molecule has 2 heterocycles. The maximum atomic E-state index is 11.8. The van der Waals surface area contributed by atoms with E-state index in [-0.39, 0.29) is 24.0 Å². The molecule has 0 amide bonds. The molecule has 0 aliphatic carbocycles. The van der Waals surface area contributed by atoms with Crippen molar-refractivity contribution in [1.29, 1.82) is 0 Å². The molecule has 0 radical (unpaired) electrons. The van der Waals surface area contributed by atoms with Crippen molar-refractivity contribution >= 4 is 23.9 Å². The van der Waals surface area contributed by atoms with Crippen LogP contribution in [0.5, 0.6) is 0 Å². The Hall–Kier alpha value is -3.46. The maximum absolute atomic E-state index is 11.8. The van der Waals surface area contributed by atoms with Gasteiger partial charge in [-0.2, -0.15) is 0 Å². The Morgan fingerprint density at radius 2 is 1.46 bits per heavy atom. The van der Waals surface area contributed by atoms with Gasteiger partial charge in [-0.15, -0.1) is 0 Å². The molecular formula is C17H15N3O6. The van der Waals surface area contributed by atoms with Crippen LogP contribution in [0.2, 0.25) is 0 Å². The molecule has 0 spiro atoms. The molecule has 0 aromatic carbocycles. The van der Waals surface area contributed by atoms with Crippen LogP contribution >= 0.6 is 0 Å². The van der Waals surface area contributed by atoms with Crippen LogP contribution in [0.25, 0.3) is 0 Å². The van der Waals surface area contributed by atoms with Crippen molar-refractivity contribution in [2.24, 2.45) is 5.73 Å². The Balaban J connectivity index is 1.77. The van der Waals surface area contributed by atoms with Gasteiger partial charge in [-0.1, -0.05) is 0 Å². The van der Waals surface area contributed by atoms with E-state index in [0.29, 0.717) is 0 Å². The Morgan fingerprint density at radius 3 is 1.96 bits per heavy atom. The number of rotatable bonds is 6. The average Bonchev–Trinajstić information content (AvgIpc) is 2.67. The fourth-order valence-electron chi connectivity index (χ4n) is 1.80. The number of hydrogen-bond donors (Lipinski definition) is 1. The number of pyridine rings is 2. The van der Waals surface area contributed by atoms with Gasteiger partial charge in [-0.3, -0.25) is 14.8 Å². The van der Waals surface area contributed by atoms with Crippen LogP contribution in [0.3, 0.4) is 0 Å². The smallest absolute Gasteiger partial charge is 0.347 e. The topological polar surface area (TPSA) is 139 Å². The van der Waals surface area contributed by atoms with E-state index in [1.54, 1.807) is 0 Å². The first-order valence-corrected chi connectivity index (χ1v) is 7.54. The first-order chi connectivity index (χ1) is 12.5. The molecule has 2 aromatic rings. The third-order valence-electron chi connectivity index (χ3n) is 3.16. The highest BCUT2D eigenvalue weighted by Crippen LogP contribution is 2.05. The molecule has 26 heavy (non-hydrogen) atoms. The monoisotopic (exact) mass is 357 g/mol. The first kappa shape index (κ1) is 18.9. The second-order valence-electron chi connectivity index (χ2n) is 5.10. The van der Waals surface area contributed by atoms with Crippen LogP contribution in [0.4, 0.5) is 0 Å². The van der Waals surface area contributed by atoms with E-state index in [2.05, 4.69) is 19.4 Å². The van der Waals surface area contributed by atoms with Gasteiger partial charge in [0.2, 0.25) is 0 Å². The minimum Gasteiger partial charge on any atom is -0.389 e.